The molecule has 0 bridgehead atoms. The summed E-state index contributed by atoms with van der Waals surface area (Å²) in [4.78, 5) is 8.29. The minimum absolute atomic E-state index is 0.261. The van der Waals surface area contributed by atoms with Crippen LogP contribution in [-0.2, 0) is 0 Å². The van der Waals surface area contributed by atoms with Crippen molar-refractivity contribution in [2.24, 2.45) is 5.73 Å². The maximum atomic E-state index is 6.23. The lowest BCUT2D eigenvalue weighted by Gasteiger charge is -2.13. The zero-order chi connectivity index (χ0) is 13.7. The molecule has 0 aliphatic carbocycles. The Morgan fingerprint density at radius 2 is 1.84 bits per heavy atom. The zero-order valence-corrected chi connectivity index (χ0v) is 12.3. The van der Waals surface area contributed by atoms with Crippen molar-refractivity contribution in [3.63, 3.8) is 0 Å². The van der Waals surface area contributed by atoms with Gasteiger partial charge >= 0.3 is 0 Å². The van der Waals surface area contributed by atoms with Crippen LogP contribution >= 0.6 is 15.9 Å². The highest BCUT2D eigenvalue weighted by atomic mass is 79.9. The fourth-order valence-electron chi connectivity index (χ4n) is 1.70. The topological polar surface area (TPSA) is 61.0 Å². The summed E-state index contributed by atoms with van der Waals surface area (Å²) >= 11 is 3.39. The van der Waals surface area contributed by atoms with Gasteiger partial charge in [-0.3, -0.25) is 9.97 Å². The quantitative estimate of drug-likeness (QED) is 0.919. The van der Waals surface area contributed by atoms with E-state index in [0.29, 0.717) is 6.61 Å². The first-order valence-corrected chi connectivity index (χ1v) is 6.93. The summed E-state index contributed by atoms with van der Waals surface area (Å²) in [7, 11) is 0. The second-order valence-electron chi connectivity index (χ2n) is 4.22. The Bertz CT molecular complexity index is 548. The molecule has 5 heteroatoms. The number of nitrogens with two attached hydrogens (primary N) is 1. The number of rotatable bonds is 5. The van der Waals surface area contributed by atoms with Crippen LogP contribution in [0.2, 0.25) is 0 Å². The van der Waals surface area contributed by atoms with Crippen molar-refractivity contribution in [1.82, 2.24) is 9.97 Å². The molecule has 0 fully saturated rings. The predicted octanol–water partition coefficient (Wildman–Crippen LogP) is 3.08. The van der Waals surface area contributed by atoms with Gasteiger partial charge in [0.2, 0.25) is 0 Å². The summed E-state index contributed by atoms with van der Waals surface area (Å²) in [5.41, 5.74) is 8.07. The first-order valence-electron chi connectivity index (χ1n) is 6.14. The number of pyridine rings is 2. The van der Waals surface area contributed by atoms with E-state index in [0.717, 1.165) is 27.8 Å². The number of halogens is 1. The van der Waals surface area contributed by atoms with Gasteiger partial charge in [-0.05, 0) is 45.6 Å². The van der Waals surface area contributed by atoms with Crippen molar-refractivity contribution in [3.8, 4) is 5.75 Å². The molecule has 100 valence electrons. The van der Waals surface area contributed by atoms with Crippen LogP contribution in [0.4, 0.5) is 0 Å². The molecular formula is C14H16BrN3O. The minimum Gasteiger partial charge on any atom is -0.492 e. The summed E-state index contributed by atoms with van der Waals surface area (Å²) in [5.74, 6) is 0.748. The number of hydrogen-bond donors (Lipinski definition) is 1. The van der Waals surface area contributed by atoms with Gasteiger partial charge in [-0.2, -0.15) is 0 Å². The molecular weight excluding hydrogens is 306 g/mol. The number of hydrogen-bond acceptors (Lipinski definition) is 4. The summed E-state index contributed by atoms with van der Waals surface area (Å²) in [5, 5.41) is 0. The van der Waals surface area contributed by atoms with Crippen LogP contribution in [-0.4, -0.2) is 16.6 Å². The normalized spacial score (nSPS) is 12.2. The third-order valence-electron chi connectivity index (χ3n) is 2.65. The van der Waals surface area contributed by atoms with E-state index in [9.17, 15) is 0 Å². The van der Waals surface area contributed by atoms with E-state index < -0.39 is 0 Å². The lowest BCUT2D eigenvalue weighted by atomic mass is 10.0. The molecule has 0 spiro atoms. The van der Waals surface area contributed by atoms with Crippen LogP contribution in [0.5, 0.6) is 5.75 Å². The third kappa shape index (κ3) is 3.75. The van der Waals surface area contributed by atoms with Crippen LogP contribution < -0.4 is 10.5 Å². The summed E-state index contributed by atoms with van der Waals surface area (Å²) < 4.78 is 6.47. The molecule has 2 aromatic heterocycles. The molecule has 1 unspecified atom stereocenters. The Balaban J connectivity index is 2.21. The highest BCUT2D eigenvalue weighted by Gasteiger charge is 2.11. The molecule has 0 aliphatic heterocycles. The number of ether oxygens (including phenoxy) is 1. The van der Waals surface area contributed by atoms with E-state index >= 15 is 0 Å². The van der Waals surface area contributed by atoms with Crippen LogP contribution in [0.1, 0.15) is 30.5 Å². The molecule has 0 aliphatic rings. The van der Waals surface area contributed by atoms with Gasteiger partial charge in [-0.1, -0.05) is 6.92 Å². The second kappa shape index (κ2) is 6.63. The zero-order valence-electron chi connectivity index (χ0n) is 10.7. The smallest absolute Gasteiger partial charge is 0.137 e. The van der Waals surface area contributed by atoms with Crippen LogP contribution in [0, 0.1) is 0 Å². The largest absolute Gasteiger partial charge is 0.492 e. The fourth-order valence-corrected chi connectivity index (χ4v) is 2.08. The van der Waals surface area contributed by atoms with Gasteiger partial charge in [0.05, 0.1) is 18.8 Å². The van der Waals surface area contributed by atoms with Crippen molar-refractivity contribution in [2.75, 3.05) is 6.61 Å². The van der Waals surface area contributed by atoms with E-state index in [1.54, 1.807) is 24.8 Å². The van der Waals surface area contributed by atoms with Gasteiger partial charge < -0.3 is 10.5 Å². The van der Waals surface area contributed by atoms with Gasteiger partial charge in [0.15, 0.2) is 0 Å². The van der Waals surface area contributed by atoms with Crippen LogP contribution in [0.25, 0.3) is 0 Å². The molecule has 0 saturated heterocycles. The monoisotopic (exact) mass is 321 g/mol. The number of nitrogens with zero attached hydrogens (tertiary/aromatic N) is 2. The lowest BCUT2D eigenvalue weighted by Crippen LogP contribution is -2.12. The van der Waals surface area contributed by atoms with E-state index in [-0.39, 0.29) is 6.04 Å². The van der Waals surface area contributed by atoms with Crippen molar-refractivity contribution >= 4 is 15.9 Å². The SMILES string of the molecule is CCCOc1cncc(C(N)c2cncc(Br)c2)c1. The Morgan fingerprint density at radius 3 is 2.53 bits per heavy atom. The Morgan fingerprint density at radius 1 is 1.16 bits per heavy atom. The Kier molecular flexibility index (Phi) is 4.87. The Hall–Kier alpha value is -1.46. The van der Waals surface area contributed by atoms with E-state index in [4.69, 9.17) is 10.5 Å². The standard InChI is InChI=1S/C14H16BrN3O/c1-2-3-19-13-5-11(7-18-9-13)14(16)10-4-12(15)8-17-6-10/h4-9,14H,2-3,16H2,1H3. The van der Waals surface area contributed by atoms with Crippen molar-refractivity contribution in [2.45, 2.75) is 19.4 Å². The van der Waals surface area contributed by atoms with Crippen LogP contribution in [0.3, 0.4) is 0 Å². The predicted molar refractivity (Wildman–Crippen MR) is 78.0 cm³/mol. The molecule has 2 heterocycles. The molecule has 2 rings (SSSR count). The average molecular weight is 322 g/mol. The van der Waals surface area contributed by atoms with Gasteiger partial charge in [0, 0.05) is 23.1 Å². The third-order valence-corrected chi connectivity index (χ3v) is 3.09. The van der Waals surface area contributed by atoms with E-state index in [1.807, 2.05) is 12.1 Å². The summed E-state index contributed by atoms with van der Waals surface area (Å²) in [6.07, 6.45) is 7.91. The maximum absolute atomic E-state index is 6.23. The van der Waals surface area contributed by atoms with E-state index in [1.165, 1.54) is 0 Å². The summed E-state index contributed by atoms with van der Waals surface area (Å²) in [6.45, 7) is 2.75. The molecule has 0 aromatic carbocycles. The van der Waals surface area contributed by atoms with Crippen molar-refractivity contribution < 1.29 is 4.74 Å². The van der Waals surface area contributed by atoms with Crippen LogP contribution in [0.15, 0.2) is 41.4 Å². The molecule has 19 heavy (non-hydrogen) atoms. The van der Waals surface area contributed by atoms with Gasteiger partial charge in [0.25, 0.3) is 0 Å². The minimum atomic E-state index is -0.261. The van der Waals surface area contributed by atoms with Crippen molar-refractivity contribution in [1.29, 1.82) is 0 Å². The lowest BCUT2D eigenvalue weighted by molar-refractivity contribution is 0.315. The highest BCUT2D eigenvalue weighted by molar-refractivity contribution is 9.10. The maximum Gasteiger partial charge on any atom is 0.137 e. The molecule has 0 amide bonds. The van der Waals surface area contributed by atoms with E-state index in [2.05, 4.69) is 32.8 Å². The Labute approximate surface area is 121 Å². The highest BCUT2D eigenvalue weighted by Crippen LogP contribution is 2.23. The first-order chi connectivity index (χ1) is 9.20. The second-order valence-corrected chi connectivity index (χ2v) is 5.13. The summed E-state index contributed by atoms with van der Waals surface area (Å²) in [6, 6.07) is 3.62. The molecule has 4 nitrogen and oxygen atoms in total. The molecule has 0 saturated carbocycles. The first kappa shape index (κ1) is 14.0. The van der Waals surface area contributed by atoms with Gasteiger partial charge in [-0.25, -0.2) is 0 Å². The van der Waals surface area contributed by atoms with Crippen molar-refractivity contribution in [3.05, 3.63) is 52.5 Å². The van der Waals surface area contributed by atoms with Gasteiger partial charge in [-0.15, -0.1) is 0 Å². The number of aromatic nitrogens is 2. The van der Waals surface area contributed by atoms with Gasteiger partial charge in [0.1, 0.15) is 5.75 Å². The fraction of sp³-hybridized carbons (Fsp3) is 0.286. The molecule has 1 atom stereocenters. The molecule has 0 radical (unpaired) electrons. The molecule has 2 aromatic rings. The average Bonchev–Trinajstić information content (AvgIpc) is 2.44. The molecule has 2 N–H and O–H groups in total.